The van der Waals surface area contributed by atoms with Gasteiger partial charge < -0.3 is 9.84 Å². The first kappa shape index (κ1) is 23.5. The van der Waals surface area contributed by atoms with Crippen LogP contribution in [0.3, 0.4) is 0 Å². The largest absolute Gasteiger partial charge is 0.394 e. The van der Waals surface area contributed by atoms with Crippen molar-refractivity contribution in [2.75, 3.05) is 6.61 Å². The third-order valence-corrected chi connectivity index (χ3v) is 7.25. The van der Waals surface area contributed by atoms with Gasteiger partial charge in [-0.1, -0.05) is 47.7 Å². The summed E-state index contributed by atoms with van der Waals surface area (Å²) >= 11 is 0. The van der Waals surface area contributed by atoms with Gasteiger partial charge in [0.2, 0.25) is 10.0 Å². The number of aliphatic hydroxyl groups excluding tert-OH is 1. The fourth-order valence-corrected chi connectivity index (χ4v) is 5.39. The minimum Gasteiger partial charge on any atom is -0.394 e. The normalized spacial score (nSPS) is 21.2. The molecule has 0 aliphatic carbocycles. The number of benzene rings is 2. The van der Waals surface area contributed by atoms with Crippen molar-refractivity contribution in [3.63, 3.8) is 0 Å². The standard InChI is InChI=1S/C23H27FN4O4S/c24-20-8-4-5-9-23(20)33(30,31)26-21-11-10-19(32-22(21)16-29)12-13-28-15-18(25-27-28)14-17-6-2-1-3-7-17/h1-9,15,19,21-22,26,29H,10-14,16H2/t19-,21-,22+/m1/s1. The quantitative estimate of drug-likeness (QED) is 0.493. The zero-order valence-electron chi connectivity index (χ0n) is 18.0. The molecule has 0 spiro atoms. The number of nitrogens with zero attached hydrogens (tertiary/aromatic N) is 3. The fourth-order valence-electron chi connectivity index (χ4n) is 4.01. The van der Waals surface area contributed by atoms with Gasteiger partial charge in [-0.25, -0.2) is 17.5 Å². The molecule has 3 atom stereocenters. The average Bonchev–Trinajstić information content (AvgIpc) is 3.26. The van der Waals surface area contributed by atoms with E-state index in [0.29, 0.717) is 32.2 Å². The maximum absolute atomic E-state index is 14.0. The van der Waals surface area contributed by atoms with E-state index < -0.39 is 32.9 Å². The van der Waals surface area contributed by atoms with Gasteiger partial charge in [0.15, 0.2) is 0 Å². The van der Waals surface area contributed by atoms with Crippen LogP contribution in [0.15, 0.2) is 65.7 Å². The number of aryl methyl sites for hydroxylation is 1. The van der Waals surface area contributed by atoms with Crippen molar-refractivity contribution in [2.24, 2.45) is 0 Å². The number of rotatable bonds is 9. The summed E-state index contributed by atoms with van der Waals surface area (Å²) in [4.78, 5) is -0.415. The van der Waals surface area contributed by atoms with Crippen molar-refractivity contribution in [2.45, 2.75) is 55.4 Å². The molecule has 0 bridgehead atoms. The molecule has 176 valence electrons. The van der Waals surface area contributed by atoms with E-state index in [1.54, 1.807) is 4.68 Å². The van der Waals surface area contributed by atoms with Crippen molar-refractivity contribution in [1.82, 2.24) is 19.7 Å². The Hall–Kier alpha value is -2.66. The summed E-state index contributed by atoms with van der Waals surface area (Å²) in [5.74, 6) is -0.820. The summed E-state index contributed by atoms with van der Waals surface area (Å²) in [6.45, 7) is 0.252. The molecule has 4 rings (SSSR count). The second-order valence-electron chi connectivity index (χ2n) is 8.14. The van der Waals surface area contributed by atoms with Gasteiger partial charge >= 0.3 is 0 Å². The van der Waals surface area contributed by atoms with Gasteiger partial charge in [0.1, 0.15) is 10.7 Å². The molecule has 2 aromatic carbocycles. The summed E-state index contributed by atoms with van der Waals surface area (Å²) < 4.78 is 49.4. The van der Waals surface area contributed by atoms with Crippen LogP contribution in [-0.2, 0) is 27.7 Å². The van der Waals surface area contributed by atoms with E-state index in [0.717, 1.165) is 17.3 Å². The summed E-state index contributed by atoms with van der Waals surface area (Å²) in [6, 6.07) is 14.6. The number of hydrogen-bond donors (Lipinski definition) is 2. The molecule has 0 saturated carbocycles. The maximum Gasteiger partial charge on any atom is 0.243 e. The van der Waals surface area contributed by atoms with E-state index in [4.69, 9.17) is 4.74 Å². The van der Waals surface area contributed by atoms with Gasteiger partial charge in [-0.05, 0) is 37.0 Å². The van der Waals surface area contributed by atoms with E-state index in [-0.39, 0.29) is 12.7 Å². The highest BCUT2D eigenvalue weighted by Crippen LogP contribution is 2.24. The highest BCUT2D eigenvalue weighted by molar-refractivity contribution is 7.89. The average molecular weight is 475 g/mol. The lowest BCUT2D eigenvalue weighted by molar-refractivity contribution is -0.0891. The van der Waals surface area contributed by atoms with Crippen molar-refractivity contribution in [3.8, 4) is 0 Å². The molecule has 0 radical (unpaired) electrons. The van der Waals surface area contributed by atoms with Crippen molar-refractivity contribution in [1.29, 1.82) is 0 Å². The van der Waals surface area contributed by atoms with Crippen LogP contribution in [0.25, 0.3) is 0 Å². The first-order valence-corrected chi connectivity index (χ1v) is 12.4. The molecule has 3 aromatic rings. The van der Waals surface area contributed by atoms with Gasteiger partial charge in [-0.2, -0.15) is 0 Å². The van der Waals surface area contributed by atoms with Crippen LogP contribution >= 0.6 is 0 Å². The van der Waals surface area contributed by atoms with E-state index in [2.05, 4.69) is 15.0 Å². The molecule has 10 heteroatoms. The first-order valence-electron chi connectivity index (χ1n) is 10.9. The third-order valence-electron chi connectivity index (χ3n) is 5.72. The number of nitrogens with one attached hydrogen (secondary N) is 1. The minimum absolute atomic E-state index is 0.155. The van der Waals surface area contributed by atoms with Gasteiger partial charge in [0, 0.05) is 19.2 Å². The Bertz CT molecular complexity index is 1160. The molecule has 8 nitrogen and oxygen atoms in total. The molecular formula is C23H27FN4O4S. The number of sulfonamides is 1. The molecule has 2 N–H and O–H groups in total. The maximum atomic E-state index is 14.0. The SMILES string of the molecule is O=S(=O)(N[C@@H]1CC[C@H](CCn2cc(Cc3ccccc3)nn2)O[C@H]1CO)c1ccccc1F. The van der Waals surface area contributed by atoms with Crippen LogP contribution in [0, 0.1) is 5.82 Å². The smallest absolute Gasteiger partial charge is 0.243 e. The second-order valence-corrected chi connectivity index (χ2v) is 9.82. The van der Waals surface area contributed by atoms with E-state index in [9.17, 15) is 17.9 Å². The Morgan fingerprint density at radius 3 is 2.64 bits per heavy atom. The number of hydrogen-bond acceptors (Lipinski definition) is 6. The number of ether oxygens (including phenoxy) is 1. The number of halogens is 1. The van der Waals surface area contributed by atoms with Crippen LogP contribution in [0.1, 0.15) is 30.5 Å². The molecule has 1 saturated heterocycles. The molecule has 2 heterocycles. The molecular weight excluding hydrogens is 447 g/mol. The third kappa shape index (κ3) is 6.02. The van der Waals surface area contributed by atoms with Crippen LogP contribution in [0.4, 0.5) is 4.39 Å². The minimum atomic E-state index is -4.07. The summed E-state index contributed by atoms with van der Waals surface area (Å²) in [7, 11) is -4.07. The van der Waals surface area contributed by atoms with Crippen LogP contribution in [-0.4, -0.2) is 53.4 Å². The molecule has 1 aliphatic heterocycles. The fraction of sp³-hybridized carbons (Fsp3) is 0.391. The van der Waals surface area contributed by atoms with Crippen molar-refractivity contribution in [3.05, 3.63) is 77.9 Å². The highest BCUT2D eigenvalue weighted by atomic mass is 32.2. The second kappa shape index (κ2) is 10.5. The number of aliphatic hydroxyl groups is 1. The number of aromatic nitrogens is 3. The van der Waals surface area contributed by atoms with E-state index in [1.807, 2.05) is 36.5 Å². The van der Waals surface area contributed by atoms with Crippen LogP contribution in [0.2, 0.25) is 0 Å². The van der Waals surface area contributed by atoms with Gasteiger partial charge in [-0.3, -0.25) is 4.68 Å². The molecule has 1 fully saturated rings. The predicted octanol–water partition coefficient (Wildman–Crippen LogP) is 2.29. The Balaban J connectivity index is 1.30. The predicted molar refractivity (Wildman–Crippen MR) is 119 cm³/mol. The lowest BCUT2D eigenvalue weighted by Crippen LogP contribution is -2.51. The van der Waals surface area contributed by atoms with E-state index >= 15 is 0 Å². The lowest BCUT2D eigenvalue weighted by atomic mass is 9.98. The van der Waals surface area contributed by atoms with Crippen molar-refractivity contribution >= 4 is 10.0 Å². The van der Waals surface area contributed by atoms with Crippen LogP contribution < -0.4 is 4.72 Å². The molecule has 33 heavy (non-hydrogen) atoms. The van der Waals surface area contributed by atoms with Gasteiger partial charge in [-0.15, -0.1) is 5.10 Å². The Kier molecular flexibility index (Phi) is 7.49. The topological polar surface area (TPSA) is 106 Å². The Morgan fingerprint density at radius 2 is 1.88 bits per heavy atom. The van der Waals surface area contributed by atoms with Crippen LogP contribution in [0.5, 0.6) is 0 Å². The summed E-state index contributed by atoms with van der Waals surface area (Å²) in [6.07, 6.45) is 3.47. The highest BCUT2D eigenvalue weighted by Gasteiger charge is 2.34. The van der Waals surface area contributed by atoms with Gasteiger partial charge in [0.05, 0.1) is 30.6 Å². The molecule has 0 unspecified atom stereocenters. The Labute approximate surface area is 192 Å². The summed E-state index contributed by atoms with van der Waals surface area (Å²) in [5.41, 5.74) is 2.04. The zero-order valence-corrected chi connectivity index (χ0v) is 18.9. The Morgan fingerprint density at radius 1 is 1.12 bits per heavy atom. The zero-order chi connectivity index (χ0) is 23.3. The monoisotopic (exact) mass is 474 g/mol. The van der Waals surface area contributed by atoms with Gasteiger partial charge in [0.25, 0.3) is 0 Å². The first-order chi connectivity index (χ1) is 15.9. The molecule has 0 amide bonds. The van der Waals surface area contributed by atoms with Crippen molar-refractivity contribution < 1.29 is 22.7 Å². The summed E-state index contributed by atoms with van der Waals surface area (Å²) in [5, 5.41) is 18.2. The lowest BCUT2D eigenvalue weighted by Gasteiger charge is -2.36. The molecule has 1 aromatic heterocycles. The molecule has 1 aliphatic rings. The van der Waals surface area contributed by atoms with E-state index in [1.165, 1.54) is 18.2 Å².